The minimum Gasteiger partial charge on any atom is -0.282 e. The van der Waals surface area contributed by atoms with E-state index in [2.05, 4.69) is 12.6 Å². The van der Waals surface area contributed by atoms with Crippen molar-refractivity contribution in [3.63, 3.8) is 0 Å². The van der Waals surface area contributed by atoms with Gasteiger partial charge in [-0.15, -0.1) is 17.9 Å². The van der Waals surface area contributed by atoms with E-state index in [1.807, 2.05) is 17.0 Å². The first-order valence-corrected chi connectivity index (χ1v) is 5.40. The van der Waals surface area contributed by atoms with Gasteiger partial charge in [0, 0.05) is 18.0 Å². The van der Waals surface area contributed by atoms with Crippen LogP contribution in [-0.2, 0) is 6.54 Å². The van der Waals surface area contributed by atoms with Crippen LogP contribution in [0.2, 0.25) is 4.34 Å². The highest BCUT2D eigenvalue weighted by Crippen LogP contribution is 2.22. The zero-order chi connectivity index (χ0) is 10.4. The first-order chi connectivity index (χ1) is 6.76. The van der Waals surface area contributed by atoms with Gasteiger partial charge >= 0.3 is 0 Å². The molecule has 0 saturated carbocycles. The average Bonchev–Trinajstić information content (AvgIpc) is 2.52. The minimum absolute atomic E-state index is 0.418. The van der Waals surface area contributed by atoms with Gasteiger partial charge in [-0.05, 0) is 12.1 Å². The Bertz CT molecular complexity index is 340. The third-order valence-corrected chi connectivity index (χ3v) is 2.91. The molecule has 0 aliphatic rings. The Morgan fingerprint density at radius 1 is 1.64 bits per heavy atom. The first kappa shape index (κ1) is 11.3. The van der Waals surface area contributed by atoms with Crippen LogP contribution in [0.5, 0.6) is 0 Å². The normalized spacial score (nSPS) is 10.1. The molecule has 0 amide bonds. The van der Waals surface area contributed by atoms with Gasteiger partial charge in [-0.1, -0.05) is 17.7 Å². The van der Waals surface area contributed by atoms with Gasteiger partial charge in [0.05, 0.1) is 17.0 Å². The van der Waals surface area contributed by atoms with Gasteiger partial charge in [0.1, 0.15) is 0 Å². The van der Waals surface area contributed by atoms with Gasteiger partial charge < -0.3 is 0 Å². The van der Waals surface area contributed by atoms with Crippen LogP contribution in [0.3, 0.4) is 0 Å². The molecule has 74 valence electrons. The fourth-order valence-corrected chi connectivity index (χ4v) is 2.25. The SMILES string of the molecule is C=CCN(CC#N)Cc1ccc(Cl)s1. The van der Waals surface area contributed by atoms with Gasteiger partial charge in [0.2, 0.25) is 0 Å². The standard InChI is InChI=1S/C10H11ClN2S/c1-2-6-13(7-5-12)8-9-3-4-10(11)14-9/h2-4H,1,6-8H2. The first-order valence-electron chi connectivity index (χ1n) is 4.20. The molecule has 0 aliphatic heterocycles. The molecule has 0 saturated heterocycles. The van der Waals surface area contributed by atoms with Gasteiger partial charge in [0.15, 0.2) is 0 Å². The van der Waals surface area contributed by atoms with E-state index in [0.717, 1.165) is 17.4 Å². The van der Waals surface area contributed by atoms with Crippen LogP contribution in [0.1, 0.15) is 4.88 Å². The summed E-state index contributed by atoms with van der Waals surface area (Å²) in [4.78, 5) is 3.18. The Labute approximate surface area is 93.0 Å². The number of rotatable bonds is 5. The van der Waals surface area contributed by atoms with Gasteiger partial charge in [-0.25, -0.2) is 0 Å². The summed E-state index contributed by atoms with van der Waals surface area (Å²) in [6.45, 7) is 5.56. The molecular weight excluding hydrogens is 216 g/mol. The van der Waals surface area contributed by atoms with E-state index in [9.17, 15) is 0 Å². The van der Waals surface area contributed by atoms with Crippen molar-refractivity contribution in [2.24, 2.45) is 0 Å². The Kier molecular flexibility index (Phi) is 4.68. The van der Waals surface area contributed by atoms with Crippen molar-refractivity contribution in [3.8, 4) is 6.07 Å². The third kappa shape index (κ3) is 3.51. The van der Waals surface area contributed by atoms with Crippen LogP contribution >= 0.6 is 22.9 Å². The lowest BCUT2D eigenvalue weighted by atomic mass is 10.4. The molecule has 4 heteroatoms. The molecule has 1 aromatic heterocycles. The summed E-state index contributed by atoms with van der Waals surface area (Å²) in [7, 11) is 0. The topological polar surface area (TPSA) is 27.0 Å². The van der Waals surface area contributed by atoms with Crippen LogP contribution in [0.4, 0.5) is 0 Å². The van der Waals surface area contributed by atoms with Crippen molar-refractivity contribution >= 4 is 22.9 Å². The van der Waals surface area contributed by atoms with E-state index in [1.54, 1.807) is 17.4 Å². The number of halogens is 1. The van der Waals surface area contributed by atoms with Crippen LogP contribution in [0, 0.1) is 11.3 Å². The maximum Gasteiger partial charge on any atom is 0.0931 e. The summed E-state index contributed by atoms with van der Waals surface area (Å²) < 4.78 is 0.788. The minimum atomic E-state index is 0.418. The maximum absolute atomic E-state index is 8.60. The molecule has 0 radical (unpaired) electrons. The second-order valence-corrected chi connectivity index (χ2v) is 4.62. The quantitative estimate of drug-likeness (QED) is 0.570. The Hall–Kier alpha value is -0.820. The molecule has 0 atom stereocenters. The fourth-order valence-electron chi connectivity index (χ4n) is 1.12. The predicted molar refractivity (Wildman–Crippen MR) is 60.4 cm³/mol. The van der Waals surface area contributed by atoms with E-state index >= 15 is 0 Å². The van der Waals surface area contributed by atoms with Crippen molar-refractivity contribution in [2.45, 2.75) is 6.54 Å². The zero-order valence-electron chi connectivity index (χ0n) is 7.74. The molecule has 0 spiro atoms. The van der Waals surface area contributed by atoms with Gasteiger partial charge in [0.25, 0.3) is 0 Å². The van der Waals surface area contributed by atoms with Gasteiger partial charge in [-0.3, -0.25) is 4.90 Å². The lowest BCUT2D eigenvalue weighted by molar-refractivity contribution is 0.334. The van der Waals surface area contributed by atoms with Crippen molar-refractivity contribution in [1.29, 1.82) is 5.26 Å². The van der Waals surface area contributed by atoms with E-state index < -0.39 is 0 Å². The van der Waals surface area contributed by atoms with Crippen LogP contribution in [-0.4, -0.2) is 18.0 Å². The zero-order valence-corrected chi connectivity index (χ0v) is 9.31. The Morgan fingerprint density at radius 2 is 2.43 bits per heavy atom. The summed E-state index contributed by atoms with van der Waals surface area (Å²) in [5.74, 6) is 0. The lowest BCUT2D eigenvalue weighted by Crippen LogP contribution is -2.22. The largest absolute Gasteiger partial charge is 0.282 e. The molecule has 0 unspecified atom stereocenters. The third-order valence-electron chi connectivity index (χ3n) is 1.69. The second kappa shape index (κ2) is 5.82. The highest BCUT2D eigenvalue weighted by molar-refractivity contribution is 7.16. The summed E-state index contributed by atoms with van der Waals surface area (Å²) >= 11 is 7.36. The van der Waals surface area contributed by atoms with Crippen LogP contribution in [0.25, 0.3) is 0 Å². The smallest absolute Gasteiger partial charge is 0.0931 e. The highest BCUT2D eigenvalue weighted by Gasteiger charge is 2.05. The monoisotopic (exact) mass is 226 g/mol. The summed E-state index contributed by atoms with van der Waals surface area (Å²) in [5.41, 5.74) is 0. The number of thiophene rings is 1. The lowest BCUT2D eigenvalue weighted by Gasteiger charge is -2.15. The van der Waals surface area contributed by atoms with Crippen molar-refractivity contribution in [2.75, 3.05) is 13.1 Å². The van der Waals surface area contributed by atoms with Crippen LogP contribution < -0.4 is 0 Å². The van der Waals surface area contributed by atoms with E-state index in [-0.39, 0.29) is 0 Å². The number of hydrogen-bond acceptors (Lipinski definition) is 3. The van der Waals surface area contributed by atoms with E-state index in [1.165, 1.54) is 4.88 Å². The van der Waals surface area contributed by atoms with Crippen LogP contribution in [0.15, 0.2) is 24.8 Å². The maximum atomic E-state index is 8.60. The molecular formula is C10H11ClN2S. The number of nitrogens with zero attached hydrogens (tertiary/aromatic N) is 2. The van der Waals surface area contributed by atoms with Crippen molar-refractivity contribution in [3.05, 3.63) is 34.0 Å². The van der Waals surface area contributed by atoms with Crippen molar-refractivity contribution in [1.82, 2.24) is 4.90 Å². The molecule has 0 aliphatic carbocycles. The number of nitriles is 1. The summed E-state index contributed by atoms with van der Waals surface area (Å²) in [6, 6.07) is 5.99. The molecule has 0 N–H and O–H groups in total. The van der Waals surface area contributed by atoms with E-state index in [4.69, 9.17) is 16.9 Å². The molecule has 0 aromatic carbocycles. The van der Waals surface area contributed by atoms with Crippen molar-refractivity contribution < 1.29 is 0 Å². The molecule has 1 rings (SSSR count). The highest BCUT2D eigenvalue weighted by atomic mass is 35.5. The fraction of sp³-hybridized carbons (Fsp3) is 0.300. The van der Waals surface area contributed by atoms with E-state index in [0.29, 0.717) is 6.54 Å². The Morgan fingerprint density at radius 3 is 2.93 bits per heavy atom. The molecule has 2 nitrogen and oxygen atoms in total. The summed E-state index contributed by atoms with van der Waals surface area (Å²) in [6.07, 6.45) is 1.80. The molecule has 1 heterocycles. The van der Waals surface area contributed by atoms with Gasteiger partial charge in [-0.2, -0.15) is 5.26 Å². The number of hydrogen-bond donors (Lipinski definition) is 0. The molecule has 0 fully saturated rings. The second-order valence-electron chi connectivity index (χ2n) is 2.82. The Balaban J connectivity index is 2.55. The predicted octanol–water partition coefficient (Wildman–Crippen LogP) is 2.91. The molecule has 0 bridgehead atoms. The summed E-state index contributed by atoms with van der Waals surface area (Å²) in [5, 5.41) is 8.60. The molecule has 14 heavy (non-hydrogen) atoms. The average molecular weight is 227 g/mol. The molecule has 1 aromatic rings.